The van der Waals surface area contributed by atoms with Crippen molar-refractivity contribution in [3.05, 3.63) is 16.1 Å². The second-order valence-corrected chi connectivity index (χ2v) is 4.50. The lowest BCUT2D eigenvalue weighted by molar-refractivity contribution is -0.136. The fourth-order valence-corrected chi connectivity index (χ4v) is 2.45. The third-order valence-corrected chi connectivity index (χ3v) is 3.31. The van der Waals surface area contributed by atoms with Crippen LogP contribution < -0.4 is 0 Å². The number of carbonyl (C=O) groups is 1. The molecule has 0 aliphatic carbocycles. The van der Waals surface area contributed by atoms with Crippen molar-refractivity contribution in [2.24, 2.45) is 0 Å². The number of thiazole rings is 1. The monoisotopic (exact) mass is 227 g/mol. The molecule has 2 rings (SSSR count). The highest BCUT2D eigenvalue weighted by molar-refractivity contribution is 7.09. The first-order chi connectivity index (χ1) is 7.25. The normalized spacial score (nSPS) is 20.7. The Bertz CT molecular complexity index is 344. The van der Waals surface area contributed by atoms with E-state index < -0.39 is 5.97 Å². The van der Waals surface area contributed by atoms with E-state index in [4.69, 9.17) is 9.84 Å². The first kappa shape index (κ1) is 10.6. The average Bonchev–Trinajstić information content (AvgIpc) is 2.85. The van der Waals surface area contributed by atoms with Gasteiger partial charge in [0.1, 0.15) is 6.10 Å². The van der Waals surface area contributed by atoms with Crippen LogP contribution in [0.1, 0.15) is 36.1 Å². The summed E-state index contributed by atoms with van der Waals surface area (Å²) in [5.74, 6) is -0.774. The van der Waals surface area contributed by atoms with Crippen LogP contribution in [0.2, 0.25) is 0 Å². The zero-order valence-corrected chi connectivity index (χ0v) is 9.13. The topological polar surface area (TPSA) is 59.4 Å². The summed E-state index contributed by atoms with van der Waals surface area (Å²) in [6.07, 6.45) is 2.93. The predicted molar refractivity (Wildman–Crippen MR) is 56.0 cm³/mol. The molecule has 0 amide bonds. The van der Waals surface area contributed by atoms with Crippen molar-refractivity contribution in [2.75, 3.05) is 6.61 Å². The fourth-order valence-electron chi connectivity index (χ4n) is 1.61. The highest BCUT2D eigenvalue weighted by Crippen LogP contribution is 2.29. The Balaban J connectivity index is 1.94. The van der Waals surface area contributed by atoms with Crippen LogP contribution in [0.25, 0.3) is 0 Å². The largest absolute Gasteiger partial charge is 0.481 e. The van der Waals surface area contributed by atoms with Crippen molar-refractivity contribution in [1.82, 2.24) is 4.98 Å². The summed E-state index contributed by atoms with van der Waals surface area (Å²) in [6.45, 7) is 0.812. The van der Waals surface area contributed by atoms with E-state index in [1.165, 1.54) is 11.3 Å². The number of nitrogens with zero attached hydrogens (tertiary/aromatic N) is 1. The maximum absolute atomic E-state index is 10.4. The van der Waals surface area contributed by atoms with Gasteiger partial charge in [-0.05, 0) is 12.8 Å². The first-order valence-corrected chi connectivity index (χ1v) is 5.91. The molecule has 1 aliphatic heterocycles. The van der Waals surface area contributed by atoms with Gasteiger partial charge in [0.15, 0.2) is 0 Å². The summed E-state index contributed by atoms with van der Waals surface area (Å²) < 4.78 is 5.51. The standard InChI is InChI=1S/C10H13NO3S/c12-10(13)4-3-9-11-7(6-15-9)8-2-1-5-14-8/h6,8H,1-5H2,(H,12,13). The number of ether oxygens (including phenoxy) is 1. The van der Waals surface area contributed by atoms with E-state index in [-0.39, 0.29) is 12.5 Å². The molecule has 1 aromatic rings. The lowest BCUT2D eigenvalue weighted by Gasteiger charge is -2.03. The smallest absolute Gasteiger partial charge is 0.303 e. The van der Waals surface area contributed by atoms with Gasteiger partial charge in [-0.1, -0.05) is 0 Å². The molecule has 1 aromatic heterocycles. The predicted octanol–water partition coefficient (Wildman–Crippen LogP) is 2.01. The van der Waals surface area contributed by atoms with Gasteiger partial charge in [0, 0.05) is 18.4 Å². The van der Waals surface area contributed by atoms with Gasteiger partial charge >= 0.3 is 5.97 Å². The summed E-state index contributed by atoms with van der Waals surface area (Å²) in [5.41, 5.74) is 0.970. The second kappa shape index (κ2) is 4.72. The minimum absolute atomic E-state index is 0.139. The van der Waals surface area contributed by atoms with E-state index in [1.807, 2.05) is 5.38 Å². The molecule has 1 saturated heterocycles. The van der Waals surface area contributed by atoms with Crippen molar-refractivity contribution in [1.29, 1.82) is 0 Å². The number of aromatic nitrogens is 1. The lowest BCUT2D eigenvalue weighted by Crippen LogP contribution is -1.99. The van der Waals surface area contributed by atoms with Crippen LogP contribution >= 0.6 is 11.3 Å². The Hall–Kier alpha value is -0.940. The molecule has 1 fully saturated rings. The number of aliphatic carboxylic acids is 1. The molecule has 4 nitrogen and oxygen atoms in total. The number of hydrogen-bond acceptors (Lipinski definition) is 4. The number of aryl methyl sites for hydroxylation is 1. The van der Waals surface area contributed by atoms with Crippen molar-refractivity contribution in [3.63, 3.8) is 0 Å². The molecule has 15 heavy (non-hydrogen) atoms. The Labute approximate surface area is 91.9 Å². The molecule has 0 radical (unpaired) electrons. The van der Waals surface area contributed by atoms with E-state index in [2.05, 4.69) is 4.98 Å². The summed E-state index contributed by atoms with van der Waals surface area (Å²) in [5, 5.41) is 11.4. The van der Waals surface area contributed by atoms with Crippen molar-refractivity contribution >= 4 is 17.3 Å². The Morgan fingerprint density at radius 3 is 3.27 bits per heavy atom. The van der Waals surface area contributed by atoms with Gasteiger partial charge in [-0.3, -0.25) is 4.79 Å². The fraction of sp³-hybridized carbons (Fsp3) is 0.600. The van der Waals surface area contributed by atoms with E-state index >= 15 is 0 Å². The Kier molecular flexibility index (Phi) is 3.33. The van der Waals surface area contributed by atoms with Crippen LogP contribution in [-0.4, -0.2) is 22.7 Å². The molecule has 1 atom stereocenters. The van der Waals surface area contributed by atoms with E-state index in [0.29, 0.717) is 6.42 Å². The first-order valence-electron chi connectivity index (χ1n) is 5.03. The number of carboxylic acids is 1. The minimum atomic E-state index is -0.774. The summed E-state index contributed by atoms with van der Waals surface area (Å²) in [7, 11) is 0. The van der Waals surface area contributed by atoms with Crippen molar-refractivity contribution < 1.29 is 14.6 Å². The van der Waals surface area contributed by atoms with Gasteiger partial charge in [-0.25, -0.2) is 4.98 Å². The summed E-state index contributed by atoms with van der Waals surface area (Å²) in [4.78, 5) is 14.8. The second-order valence-electron chi connectivity index (χ2n) is 3.56. The van der Waals surface area contributed by atoms with E-state index in [1.54, 1.807) is 0 Å². The molecular formula is C10H13NO3S. The third-order valence-electron chi connectivity index (χ3n) is 2.38. The number of hydrogen-bond donors (Lipinski definition) is 1. The molecule has 0 bridgehead atoms. The quantitative estimate of drug-likeness (QED) is 0.854. The number of carboxylic acid groups (broad SMARTS) is 1. The average molecular weight is 227 g/mol. The molecular weight excluding hydrogens is 214 g/mol. The SMILES string of the molecule is O=C(O)CCc1nc(C2CCCO2)cs1. The molecule has 2 heterocycles. The molecule has 1 aliphatic rings. The van der Waals surface area contributed by atoms with Crippen LogP contribution in [0.3, 0.4) is 0 Å². The van der Waals surface area contributed by atoms with E-state index in [9.17, 15) is 4.79 Å². The summed E-state index contributed by atoms with van der Waals surface area (Å²) >= 11 is 1.52. The Morgan fingerprint density at radius 1 is 1.73 bits per heavy atom. The van der Waals surface area contributed by atoms with Gasteiger partial charge in [0.2, 0.25) is 0 Å². The van der Waals surface area contributed by atoms with E-state index in [0.717, 1.165) is 30.2 Å². The maximum Gasteiger partial charge on any atom is 0.303 e. The van der Waals surface area contributed by atoms with Gasteiger partial charge in [-0.2, -0.15) is 0 Å². The third kappa shape index (κ3) is 2.76. The van der Waals surface area contributed by atoms with Crippen LogP contribution in [0.15, 0.2) is 5.38 Å². The molecule has 0 saturated carbocycles. The number of rotatable bonds is 4. The van der Waals surface area contributed by atoms with Gasteiger partial charge in [0.05, 0.1) is 17.1 Å². The Morgan fingerprint density at radius 2 is 2.60 bits per heavy atom. The highest BCUT2D eigenvalue weighted by Gasteiger charge is 2.20. The zero-order valence-electron chi connectivity index (χ0n) is 8.31. The maximum atomic E-state index is 10.4. The van der Waals surface area contributed by atoms with Gasteiger partial charge < -0.3 is 9.84 Å². The van der Waals surface area contributed by atoms with Crippen LogP contribution in [0.5, 0.6) is 0 Å². The van der Waals surface area contributed by atoms with Crippen LogP contribution in [0.4, 0.5) is 0 Å². The van der Waals surface area contributed by atoms with Gasteiger partial charge in [0.25, 0.3) is 0 Å². The van der Waals surface area contributed by atoms with Crippen LogP contribution in [0, 0.1) is 0 Å². The molecule has 0 spiro atoms. The molecule has 5 heteroatoms. The highest BCUT2D eigenvalue weighted by atomic mass is 32.1. The van der Waals surface area contributed by atoms with Crippen molar-refractivity contribution in [3.8, 4) is 0 Å². The van der Waals surface area contributed by atoms with Gasteiger partial charge in [-0.15, -0.1) is 11.3 Å². The van der Waals surface area contributed by atoms with Crippen LogP contribution in [-0.2, 0) is 16.0 Å². The molecule has 0 aromatic carbocycles. The lowest BCUT2D eigenvalue weighted by atomic mass is 10.2. The zero-order chi connectivity index (χ0) is 10.7. The molecule has 1 unspecified atom stereocenters. The molecule has 82 valence electrons. The summed E-state index contributed by atoms with van der Waals surface area (Å²) in [6, 6.07) is 0. The molecule has 1 N–H and O–H groups in total. The minimum Gasteiger partial charge on any atom is -0.481 e. The van der Waals surface area contributed by atoms with Crippen molar-refractivity contribution in [2.45, 2.75) is 31.8 Å².